The van der Waals surface area contributed by atoms with Crippen LogP contribution in [0.4, 0.5) is 22.0 Å². The second kappa shape index (κ2) is 9.73. The summed E-state index contributed by atoms with van der Waals surface area (Å²) < 4.78 is 71.5. The van der Waals surface area contributed by atoms with Crippen molar-refractivity contribution in [2.75, 3.05) is 26.2 Å². The molecule has 5 aliphatic rings. The molecule has 0 spiro atoms. The van der Waals surface area contributed by atoms with Crippen molar-refractivity contribution in [3.63, 3.8) is 0 Å². The zero-order valence-corrected chi connectivity index (χ0v) is 22.8. The number of ketones is 1. The molecule has 4 aliphatic carbocycles. The lowest BCUT2D eigenvalue weighted by Crippen LogP contribution is -2.65. The number of piperazine rings is 1. The molecule has 0 aromatic heterocycles. The number of carbonyl (C=O) groups is 1. The van der Waals surface area contributed by atoms with Gasteiger partial charge in [-0.1, -0.05) is 36.8 Å². The van der Waals surface area contributed by atoms with E-state index in [0.717, 1.165) is 60.6 Å². The first-order chi connectivity index (χ1) is 18.9. The molecule has 9 heteroatoms. The maximum absolute atomic E-state index is 15.1. The standard InChI is InChI=1S/C31H37F5N2O2/c1-28-17-25(20-4-2-19(3-5-20)18-38-14-12-37-13-15-38)27-23-9-7-22(39)16-21(23)6-8-24(27)26(28)10-11-29(28,40)30(32,33)31(34,35)36/h2-5,16,24-26,37,40H,6-15,17-18H2,1H3/t24-,25+,26-,28-,29+/m0/s1. The lowest BCUT2D eigenvalue weighted by atomic mass is 9.50. The fourth-order valence-electron chi connectivity index (χ4n) is 8.70. The highest BCUT2D eigenvalue weighted by molar-refractivity contribution is 5.93. The summed E-state index contributed by atoms with van der Waals surface area (Å²) in [5.74, 6) is -6.24. The van der Waals surface area contributed by atoms with E-state index in [2.05, 4.69) is 10.2 Å². The van der Waals surface area contributed by atoms with Crippen LogP contribution >= 0.6 is 0 Å². The molecule has 1 heterocycles. The van der Waals surface area contributed by atoms with E-state index >= 15 is 8.78 Å². The van der Waals surface area contributed by atoms with Gasteiger partial charge in [0.25, 0.3) is 0 Å². The highest BCUT2D eigenvalue weighted by Crippen LogP contribution is 2.70. The molecule has 1 aliphatic heterocycles. The van der Waals surface area contributed by atoms with Gasteiger partial charge in [-0.3, -0.25) is 9.69 Å². The molecular formula is C31H37F5N2O2. The van der Waals surface area contributed by atoms with Crippen molar-refractivity contribution >= 4 is 5.78 Å². The minimum atomic E-state index is -5.84. The summed E-state index contributed by atoms with van der Waals surface area (Å²) >= 11 is 0. The number of allylic oxidation sites excluding steroid dienone is 4. The Morgan fingerprint density at radius 1 is 1.02 bits per heavy atom. The molecule has 6 rings (SSSR count). The van der Waals surface area contributed by atoms with Crippen LogP contribution in [0.25, 0.3) is 0 Å². The summed E-state index contributed by atoms with van der Waals surface area (Å²) in [6, 6.07) is 8.03. The average Bonchev–Trinajstić information content (AvgIpc) is 3.20. The van der Waals surface area contributed by atoms with Gasteiger partial charge in [-0.2, -0.15) is 22.0 Å². The molecular weight excluding hydrogens is 527 g/mol. The van der Waals surface area contributed by atoms with E-state index in [1.807, 2.05) is 24.3 Å². The van der Waals surface area contributed by atoms with Crippen molar-refractivity contribution in [3.05, 3.63) is 58.2 Å². The van der Waals surface area contributed by atoms with E-state index in [1.54, 1.807) is 6.08 Å². The van der Waals surface area contributed by atoms with Crippen LogP contribution in [0, 0.1) is 17.3 Å². The van der Waals surface area contributed by atoms with E-state index in [-0.39, 0.29) is 24.5 Å². The van der Waals surface area contributed by atoms with Crippen LogP contribution in [0.1, 0.15) is 68.9 Å². The number of benzene rings is 1. The first-order valence-electron chi connectivity index (χ1n) is 14.5. The van der Waals surface area contributed by atoms with Crippen molar-refractivity contribution in [3.8, 4) is 0 Å². The largest absolute Gasteiger partial charge is 0.456 e. The Kier molecular flexibility index (Phi) is 6.82. The summed E-state index contributed by atoms with van der Waals surface area (Å²) in [6.07, 6.45) is -2.46. The molecule has 0 amide bonds. The Balaban J connectivity index is 1.42. The van der Waals surface area contributed by atoms with Crippen LogP contribution in [0.15, 0.2) is 47.1 Å². The average molecular weight is 565 g/mol. The Bertz CT molecular complexity index is 1230. The van der Waals surface area contributed by atoms with Gasteiger partial charge in [0, 0.05) is 50.5 Å². The minimum absolute atomic E-state index is 0.00748. The lowest BCUT2D eigenvalue weighted by Gasteiger charge is -2.56. The van der Waals surface area contributed by atoms with E-state index in [1.165, 1.54) is 6.92 Å². The molecule has 218 valence electrons. The molecule has 40 heavy (non-hydrogen) atoms. The molecule has 0 radical (unpaired) electrons. The number of nitrogens with zero attached hydrogens (tertiary/aromatic N) is 1. The van der Waals surface area contributed by atoms with Crippen molar-refractivity contribution in [2.45, 2.75) is 82.0 Å². The molecule has 3 fully saturated rings. The van der Waals surface area contributed by atoms with Gasteiger partial charge in [0.15, 0.2) is 5.78 Å². The van der Waals surface area contributed by atoms with Gasteiger partial charge in [0.1, 0.15) is 5.60 Å². The Morgan fingerprint density at radius 3 is 2.40 bits per heavy atom. The number of fused-ring (bicyclic) bond motifs is 4. The van der Waals surface area contributed by atoms with Crippen LogP contribution in [0.2, 0.25) is 0 Å². The maximum atomic E-state index is 15.1. The first kappa shape index (κ1) is 28.0. The van der Waals surface area contributed by atoms with Crippen LogP contribution in [-0.2, 0) is 11.3 Å². The number of rotatable bonds is 4. The molecule has 5 atom stereocenters. The Morgan fingerprint density at radius 2 is 1.73 bits per heavy atom. The van der Waals surface area contributed by atoms with Gasteiger partial charge in [0.2, 0.25) is 0 Å². The maximum Gasteiger partial charge on any atom is 0.456 e. The van der Waals surface area contributed by atoms with Gasteiger partial charge in [-0.15, -0.1) is 0 Å². The predicted molar refractivity (Wildman–Crippen MR) is 141 cm³/mol. The lowest BCUT2D eigenvalue weighted by molar-refractivity contribution is -0.362. The smallest absolute Gasteiger partial charge is 0.383 e. The van der Waals surface area contributed by atoms with E-state index in [4.69, 9.17) is 0 Å². The van der Waals surface area contributed by atoms with Crippen molar-refractivity contribution < 1.29 is 31.9 Å². The molecule has 1 saturated heterocycles. The van der Waals surface area contributed by atoms with Gasteiger partial charge in [-0.05, 0) is 78.7 Å². The molecule has 2 saturated carbocycles. The molecule has 4 nitrogen and oxygen atoms in total. The summed E-state index contributed by atoms with van der Waals surface area (Å²) in [5.41, 5.74) is 0.356. The number of hydrogen-bond acceptors (Lipinski definition) is 4. The van der Waals surface area contributed by atoms with E-state index in [0.29, 0.717) is 25.7 Å². The second-order valence-corrected chi connectivity index (χ2v) is 12.7. The summed E-state index contributed by atoms with van der Waals surface area (Å²) in [6.45, 7) is 6.01. The predicted octanol–water partition coefficient (Wildman–Crippen LogP) is 5.92. The number of carbonyl (C=O) groups excluding carboxylic acids is 1. The fourth-order valence-corrected chi connectivity index (χ4v) is 8.70. The second-order valence-electron chi connectivity index (χ2n) is 12.7. The zero-order chi connectivity index (χ0) is 28.5. The zero-order valence-electron chi connectivity index (χ0n) is 22.8. The highest BCUT2D eigenvalue weighted by Gasteiger charge is 2.79. The first-order valence-corrected chi connectivity index (χ1v) is 14.5. The number of alkyl halides is 5. The van der Waals surface area contributed by atoms with Gasteiger partial charge >= 0.3 is 12.1 Å². The molecule has 1 aromatic carbocycles. The molecule has 0 unspecified atom stereocenters. The van der Waals surface area contributed by atoms with Crippen LogP contribution in [-0.4, -0.2) is 59.7 Å². The SMILES string of the molecule is C[C@]12C[C@H](c3ccc(CN4CCNCC4)cc3)C3=C4CCC(=O)C=C4CC[C@H]3[C@@H]1CC[C@]2(O)C(F)(F)C(F)(F)F. The molecule has 1 aromatic rings. The summed E-state index contributed by atoms with van der Waals surface area (Å²) in [7, 11) is 0. The molecule has 0 bridgehead atoms. The number of hydrogen-bond donors (Lipinski definition) is 2. The normalized spacial score (nSPS) is 35.2. The number of nitrogens with one attached hydrogen (secondary N) is 1. The van der Waals surface area contributed by atoms with Crippen molar-refractivity contribution in [2.24, 2.45) is 17.3 Å². The quantitative estimate of drug-likeness (QED) is 0.446. The van der Waals surface area contributed by atoms with Crippen LogP contribution in [0.3, 0.4) is 0 Å². The minimum Gasteiger partial charge on any atom is -0.383 e. The third-order valence-electron chi connectivity index (χ3n) is 10.8. The third-order valence-corrected chi connectivity index (χ3v) is 10.8. The van der Waals surface area contributed by atoms with Gasteiger partial charge in [-0.25, -0.2) is 0 Å². The van der Waals surface area contributed by atoms with Crippen molar-refractivity contribution in [1.29, 1.82) is 0 Å². The van der Waals surface area contributed by atoms with Crippen LogP contribution in [0.5, 0.6) is 0 Å². The number of aliphatic hydroxyl groups is 1. The summed E-state index contributed by atoms with van der Waals surface area (Å²) in [5, 5.41) is 14.7. The van der Waals surface area contributed by atoms with Crippen molar-refractivity contribution in [1.82, 2.24) is 10.2 Å². The fraction of sp³-hybridized carbons (Fsp3) is 0.645. The van der Waals surface area contributed by atoms with E-state index in [9.17, 15) is 23.1 Å². The van der Waals surface area contributed by atoms with Gasteiger partial charge < -0.3 is 10.4 Å². The highest BCUT2D eigenvalue weighted by atomic mass is 19.4. The summed E-state index contributed by atoms with van der Waals surface area (Å²) in [4.78, 5) is 14.6. The monoisotopic (exact) mass is 564 g/mol. The molecule has 2 N–H and O–H groups in total. The van der Waals surface area contributed by atoms with Gasteiger partial charge in [0.05, 0.1) is 0 Å². The number of halogens is 5. The van der Waals surface area contributed by atoms with E-state index < -0.39 is 41.4 Å². The van der Waals surface area contributed by atoms with Crippen LogP contribution < -0.4 is 5.32 Å². The third kappa shape index (κ3) is 4.21. The Hall–Kier alpha value is -2.10. The topological polar surface area (TPSA) is 52.6 Å². The Labute approximate surface area is 231 Å².